The van der Waals surface area contributed by atoms with Crippen LogP contribution in [0.1, 0.15) is 5.56 Å². The molecule has 3 heterocycles. The van der Waals surface area contributed by atoms with Crippen molar-refractivity contribution in [3.8, 4) is 5.88 Å². The SMILES string of the molecule is O=C(Cc1cccnc1)N1CC(Oc2ccc3ccccc3n2)C1. The van der Waals surface area contributed by atoms with Crippen molar-refractivity contribution < 1.29 is 9.53 Å². The van der Waals surface area contributed by atoms with Gasteiger partial charge in [0.05, 0.1) is 25.0 Å². The maximum absolute atomic E-state index is 12.2. The molecule has 5 nitrogen and oxygen atoms in total. The number of benzene rings is 1. The summed E-state index contributed by atoms with van der Waals surface area (Å²) < 4.78 is 5.87. The van der Waals surface area contributed by atoms with Gasteiger partial charge in [-0.1, -0.05) is 24.3 Å². The molecule has 1 amide bonds. The zero-order valence-electron chi connectivity index (χ0n) is 13.1. The molecule has 0 atom stereocenters. The number of hydrogen-bond acceptors (Lipinski definition) is 4. The van der Waals surface area contributed by atoms with Gasteiger partial charge in [-0.3, -0.25) is 9.78 Å². The first-order chi connectivity index (χ1) is 11.8. The molecule has 0 radical (unpaired) electrons. The van der Waals surface area contributed by atoms with Gasteiger partial charge in [-0.2, -0.15) is 0 Å². The van der Waals surface area contributed by atoms with Gasteiger partial charge in [-0.25, -0.2) is 4.98 Å². The summed E-state index contributed by atoms with van der Waals surface area (Å²) >= 11 is 0. The van der Waals surface area contributed by atoms with E-state index in [2.05, 4.69) is 9.97 Å². The predicted octanol–water partition coefficient (Wildman–Crippen LogP) is 2.46. The van der Waals surface area contributed by atoms with E-state index >= 15 is 0 Å². The monoisotopic (exact) mass is 319 g/mol. The van der Waals surface area contributed by atoms with E-state index in [-0.39, 0.29) is 12.0 Å². The Morgan fingerprint density at radius 3 is 2.83 bits per heavy atom. The van der Waals surface area contributed by atoms with E-state index in [1.165, 1.54) is 0 Å². The van der Waals surface area contributed by atoms with Crippen LogP contribution >= 0.6 is 0 Å². The highest BCUT2D eigenvalue weighted by Crippen LogP contribution is 2.20. The van der Waals surface area contributed by atoms with Gasteiger partial charge in [-0.15, -0.1) is 0 Å². The Morgan fingerprint density at radius 1 is 1.12 bits per heavy atom. The molecule has 2 aromatic heterocycles. The smallest absolute Gasteiger partial charge is 0.227 e. The number of carbonyl (C=O) groups is 1. The van der Waals surface area contributed by atoms with E-state index in [1.807, 2.05) is 48.5 Å². The maximum Gasteiger partial charge on any atom is 0.227 e. The van der Waals surface area contributed by atoms with E-state index in [0.717, 1.165) is 16.5 Å². The second kappa shape index (κ2) is 6.28. The van der Waals surface area contributed by atoms with Crippen LogP contribution in [0.3, 0.4) is 0 Å². The number of para-hydroxylation sites is 1. The average molecular weight is 319 g/mol. The Bertz CT molecular complexity index is 861. The Kier molecular flexibility index (Phi) is 3.83. The molecule has 0 aliphatic carbocycles. The van der Waals surface area contributed by atoms with E-state index in [1.54, 1.807) is 17.3 Å². The Balaban J connectivity index is 1.33. The summed E-state index contributed by atoms with van der Waals surface area (Å²) in [5.41, 5.74) is 1.85. The number of aromatic nitrogens is 2. The molecule has 0 spiro atoms. The summed E-state index contributed by atoms with van der Waals surface area (Å²) in [5.74, 6) is 0.715. The quantitative estimate of drug-likeness (QED) is 0.741. The standard InChI is InChI=1S/C19H17N3O2/c23-19(10-14-4-3-9-20-11-14)22-12-16(13-22)24-18-8-7-15-5-1-2-6-17(15)21-18/h1-9,11,16H,10,12-13H2. The van der Waals surface area contributed by atoms with Gasteiger partial charge < -0.3 is 9.64 Å². The van der Waals surface area contributed by atoms with Gasteiger partial charge in [0.15, 0.2) is 0 Å². The van der Waals surface area contributed by atoms with Gasteiger partial charge in [0.1, 0.15) is 6.10 Å². The van der Waals surface area contributed by atoms with Crippen LogP contribution in [-0.2, 0) is 11.2 Å². The van der Waals surface area contributed by atoms with Crippen LogP contribution < -0.4 is 4.74 Å². The summed E-state index contributed by atoms with van der Waals surface area (Å²) in [5, 5.41) is 1.09. The normalized spacial score (nSPS) is 14.4. The van der Waals surface area contributed by atoms with Crippen LogP contribution in [0.25, 0.3) is 10.9 Å². The van der Waals surface area contributed by atoms with Gasteiger partial charge in [0.2, 0.25) is 11.8 Å². The number of amides is 1. The molecule has 1 saturated heterocycles. The third kappa shape index (κ3) is 3.06. The fourth-order valence-corrected chi connectivity index (χ4v) is 2.79. The Hall–Kier alpha value is -2.95. The van der Waals surface area contributed by atoms with Gasteiger partial charge in [-0.05, 0) is 23.8 Å². The lowest BCUT2D eigenvalue weighted by molar-refractivity contribution is -0.139. The van der Waals surface area contributed by atoms with E-state index in [4.69, 9.17) is 4.74 Å². The molecule has 1 aliphatic rings. The topological polar surface area (TPSA) is 55.3 Å². The van der Waals surface area contributed by atoms with Gasteiger partial charge >= 0.3 is 0 Å². The highest BCUT2D eigenvalue weighted by atomic mass is 16.5. The lowest BCUT2D eigenvalue weighted by atomic mass is 10.1. The number of rotatable bonds is 4. The minimum Gasteiger partial charge on any atom is -0.471 e. The molecule has 4 rings (SSSR count). The highest BCUT2D eigenvalue weighted by Gasteiger charge is 2.32. The molecule has 1 aromatic carbocycles. The van der Waals surface area contributed by atoms with Crippen molar-refractivity contribution in [3.05, 3.63) is 66.5 Å². The van der Waals surface area contributed by atoms with Crippen molar-refractivity contribution in [2.75, 3.05) is 13.1 Å². The van der Waals surface area contributed by atoms with Crippen LogP contribution in [0, 0.1) is 0 Å². The van der Waals surface area contributed by atoms with E-state index in [9.17, 15) is 4.79 Å². The second-order valence-corrected chi connectivity index (χ2v) is 5.92. The molecular formula is C19H17N3O2. The molecule has 0 N–H and O–H groups in total. The largest absolute Gasteiger partial charge is 0.471 e. The zero-order valence-corrected chi connectivity index (χ0v) is 13.1. The molecule has 5 heteroatoms. The number of fused-ring (bicyclic) bond motifs is 1. The summed E-state index contributed by atoms with van der Waals surface area (Å²) in [6.45, 7) is 1.21. The van der Waals surface area contributed by atoms with E-state index < -0.39 is 0 Å². The van der Waals surface area contributed by atoms with Crippen LogP contribution in [0.5, 0.6) is 5.88 Å². The fourth-order valence-electron chi connectivity index (χ4n) is 2.79. The maximum atomic E-state index is 12.2. The highest BCUT2D eigenvalue weighted by molar-refractivity contribution is 5.80. The third-order valence-electron chi connectivity index (χ3n) is 4.14. The summed E-state index contributed by atoms with van der Waals surface area (Å²) in [7, 11) is 0. The van der Waals surface area contributed by atoms with Crippen molar-refractivity contribution in [1.82, 2.24) is 14.9 Å². The second-order valence-electron chi connectivity index (χ2n) is 5.92. The lowest BCUT2D eigenvalue weighted by Gasteiger charge is -2.38. The molecule has 1 fully saturated rings. The zero-order chi connectivity index (χ0) is 16.4. The number of carbonyl (C=O) groups excluding carboxylic acids is 1. The van der Waals surface area contributed by atoms with Crippen LogP contribution in [0.2, 0.25) is 0 Å². The number of hydrogen-bond donors (Lipinski definition) is 0. The Labute approximate surface area is 139 Å². The first-order valence-corrected chi connectivity index (χ1v) is 7.97. The number of nitrogens with zero attached hydrogens (tertiary/aromatic N) is 3. The van der Waals surface area contributed by atoms with Gasteiger partial charge in [0, 0.05) is 23.8 Å². The van der Waals surface area contributed by atoms with Crippen LogP contribution in [0.4, 0.5) is 0 Å². The van der Waals surface area contributed by atoms with Crippen LogP contribution in [0.15, 0.2) is 60.9 Å². The molecule has 24 heavy (non-hydrogen) atoms. The third-order valence-corrected chi connectivity index (χ3v) is 4.14. The lowest BCUT2D eigenvalue weighted by Crippen LogP contribution is -2.56. The Morgan fingerprint density at radius 2 is 2.00 bits per heavy atom. The summed E-state index contributed by atoms with van der Waals surface area (Å²) in [6.07, 6.45) is 3.83. The van der Waals surface area contributed by atoms with Crippen molar-refractivity contribution in [3.63, 3.8) is 0 Å². The molecule has 3 aromatic rings. The predicted molar refractivity (Wildman–Crippen MR) is 90.7 cm³/mol. The van der Waals surface area contributed by atoms with E-state index in [0.29, 0.717) is 25.4 Å². The molecule has 0 saturated carbocycles. The fraction of sp³-hybridized carbons (Fsp3) is 0.211. The number of ether oxygens (including phenoxy) is 1. The van der Waals surface area contributed by atoms with Crippen molar-refractivity contribution in [1.29, 1.82) is 0 Å². The minimum atomic E-state index is 0.0107. The molecule has 0 bridgehead atoms. The molecule has 0 unspecified atom stereocenters. The minimum absolute atomic E-state index is 0.0107. The van der Waals surface area contributed by atoms with Crippen molar-refractivity contribution in [2.24, 2.45) is 0 Å². The molecule has 1 aliphatic heterocycles. The number of likely N-dealkylation sites (tertiary alicyclic amines) is 1. The van der Waals surface area contributed by atoms with Gasteiger partial charge in [0.25, 0.3) is 0 Å². The van der Waals surface area contributed by atoms with Crippen LogP contribution in [-0.4, -0.2) is 40.0 Å². The van der Waals surface area contributed by atoms with Crippen molar-refractivity contribution >= 4 is 16.8 Å². The summed E-state index contributed by atoms with van der Waals surface area (Å²) in [4.78, 5) is 22.5. The average Bonchev–Trinajstić information content (AvgIpc) is 2.58. The molecule has 120 valence electrons. The first-order valence-electron chi connectivity index (χ1n) is 7.97. The summed E-state index contributed by atoms with van der Waals surface area (Å²) in [6, 6.07) is 15.6. The first kappa shape index (κ1) is 14.6. The molecular weight excluding hydrogens is 302 g/mol. The number of pyridine rings is 2. The van der Waals surface area contributed by atoms with Crippen molar-refractivity contribution in [2.45, 2.75) is 12.5 Å².